The molecule has 2 atom stereocenters. The second-order valence-electron chi connectivity index (χ2n) is 8.92. The first-order valence-electron chi connectivity index (χ1n) is 11.6. The van der Waals surface area contributed by atoms with E-state index in [9.17, 15) is 14.4 Å². The summed E-state index contributed by atoms with van der Waals surface area (Å²) in [5.41, 5.74) is 5.26. The molecule has 0 bridgehead atoms. The van der Waals surface area contributed by atoms with Crippen LogP contribution < -0.4 is 16.1 Å². The molecule has 0 spiro atoms. The summed E-state index contributed by atoms with van der Waals surface area (Å²) in [5, 5.41) is 16.2. The lowest BCUT2D eigenvalue weighted by atomic mass is 10.1. The Morgan fingerprint density at radius 3 is 2.72 bits per heavy atom. The number of rotatable bonds is 6. The summed E-state index contributed by atoms with van der Waals surface area (Å²) in [6, 6.07) is 7.87. The van der Waals surface area contributed by atoms with Crippen molar-refractivity contribution in [2.45, 2.75) is 19.1 Å². The SMILES string of the molecule is CC(NC(=O)c1ccc(C2=C3C(=O)c4c(NC(=O)NN5CCOCC5)cccc4C3N=N2)s1)N(C)C. The van der Waals surface area contributed by atoms with Crippen molar-refractivity contribution in [1.29, 1.82) is 0 Å². The molecule has 3 amide bonds. The van der Waals surface area contributed by atoms with E-state index in [1.54, 1.807) is 29.3 Å². The minimum atomic E-state index is -0.528. The van der Waals surface area contributed by atoms with E-state index < -0.39 is 12.1 Å². The van der Waals surface area contributed by atoms with Gasteiger partial charge in [-0.05, 0) is 44.8 Å². The number of fused-ring (bicyclic) bond motifs is 3. The molecule has 1 aromatic heterocycles. The number of ether oxygens (including phenoxy) is 1. The summed E-state index contributed by atoms with van der Waals surface area (Å²) in [7, 11) is 3.77. The van der Waals surface area contributed by atoms with E-state index in [1.165, 1.54) is 11.3 Å². The smallest absolute Gasteiger partial charge is 0.333 e. The van der Waals surface area contributed by atoms with E-state index in [2.05, 4.69) is 26.3 Å². The maximum absolute atomic E-state index is 13.6. The normalized spacial score (nSPS) is 19.9. The summed E-state index contributed by atoms with van der Waals surface area (Å²) >= 11 is 1.27. The van der Waals surface area contributed by atoms with Crippen molar-refractivity contribution in [3.63, 3.8) is 0 Å². The van der Waals surface area contributed by atoms with Crippen LogP contribution in [-0.4, -0.2) is 74.2 Å². The van der Waals surface area contributed by atoms with Gasteiger partial charge in [0.25, 0.3) is 5.91 Å². The molecule has 5 rings (SSSR count). The predicted molar refractivity (Wildman–Crippen MR) is 135 cm³/mol. The highest BCUT2D eigenvalue weighted by molar-refractivity contribution is 7.15. The highest BCUT2D eigenvalue weighted by Gasteiger charge is 2.42. The lowest BCUT2D eigenvalue weighted by Gasteiger charge is -2.27. The van der Waals surface area contributed by atoms with Crippen molar-refractivity contribution < 1.29 is 19.1 Å². The number of nitrogens with zero attached hydrogens (tertiary/aromatic N) is 4. The molecule has 12 heteroatoms. The molecular formula is C24H27N7O4S. The zero-order valence-corrected chi connectivity index (χ0v) is 21.0. The Labute approximate surface area is 212 Å². The number of hydrazine groups is 1. The summed E-state index contributed by atoms with van der Waals surface area (Å²) in [4.78, 5) is 41.9. The van der Waals surface area contributed by atoms with Crippen LogP contribution in [0.4, 0.5) is 10.5 Å². The van der Waals surface area contributed by atoms with Crippen LogP contribution >= 0.6 is 11.3 Å². The molecule has 3 aliphatic rings. The van der Waals surface area contributed by atoms with Crippen LogP contribution in [0.1, 0.15) is 43.4 Å². The Morgan fingerprint density at radius 1 is 1.19 bits per heavy atom. The fraction of sp³-hybridized carbons (Fsp3) is 0.375. The number of anilines is 1. The molecule has 188 valence electrons. The number of thiophene rings is 1. The van der Waals surface area contributed by atoms with Crippen molar-refractivity contribution in [1.82, 2.24) is 20.7 Å². The number of Topliss-reactive ketones (excluding diaryl/α,β-unsaturated/α-hetero) is 1. The fourth-order valence-corrected chi connectivity index (χ4v) is 5.13. The summed E-state index contributed by atoms with van der Waals surface area (Å²) in [6.07, 6.45) is -0.127. The van der Waals surface area contributed by atoms with Crippen LogP contribution in [0, 0.1) is 0 Å². The number of ketones is 1. The minimum Gasteiger partial charge on any atom is -0.379 e. The highest BCUT2D eigenvalue weighted by atomic mass is 32.1. The first kappa shape index (κ1) is 24.3. The Hall–Kier alpha value is -3.45. The van der Waals surface area contributed by atoms with Crippen LogP contribution in [0.15, 0.2) is 46.1 Å². The zero-order valence-electron chi connectivity index (χ0n) is 20.2. The highest BCUT2D eigenvalue weighted by Crippen LogP contribution is 2.49. The lowest BCUT2D eigenvalue weighted by molar-refractivity contribution is 0.0207. The largest absolute Gasteiger partial charge is 0.379 e. The number of azo groups is 1. The molecule has 1 fully saturated rings. The van der Waals surface area contributed by atoms with Gasteiger partial charge in [0.15, 0.2) is 5.78 Å². The quantitative estimate of drug-likeness (QED) is 0.514. The number of carbonyl (C=O) groups excluding carboxylic acids is 3. The van der Waals surface area contributed by atoms with E-state index in [4.69, 9.17) is 4.74 Å². The number of benzene rings is 1. The third-order valence-corrected chi connectivity index (χ3v) is 7.45. The van der Waals surface area contributed by atoms with E-state index in [-0.39, 0.29) is 17.9 Å². The van der Waals surface area contributed by atoms with Gasteiger partial charge >= 0.3 is 6.03 Å². The summed E-state index contributed by atoms with van der Waals surface area (Å²) in [6.45, 7) is 4.17. The van der Waals surface area contributed by atoms with E-state index in [0.717, 1.165) is 0 Å². The van der Waals surface area contributed by atoms with Crippen molar-refractivity contribution in [3.05, 3.63) is 56.8 Å². The Balaban J connectivity index is 1.37. The van der Waals surface area contributed by atoms with E-state index >= 15 is 0 Å². The standard InChI is InChI=1S/C24H27N7O4S/c1-13(30(2)3)25-23(33)17-8-7-16(36-17)21-19-20(27-28-21)14-5-4-6-15(18(14)22(19)32)26-24(34)29-31-9-11-35-12-10-31/h4-8,13,20H,9-12H2,1-3H3,(H,25,33)(H2,26,29,34). The van der Waals surface area contributed by atoms with Crippen molar-refractivity contribution in [3.8, 4) is 0 Å². The Kier molecular flexibility index (Phi) is 6.67. The van der Waals surface area contributed by atoms with Gasteiger partial charge < -0.3 is 15.4 Å². The number of carbonyl (C=O) groups is 3. The maximum atomic E-state index is 13.6. The van der Waals surface area contributed by atoms with Crippen LogP contribution in [0.2, 0.25) is 0 Å². The molecule has 3 heterocycles. The molecule has 0 saturated carbocycles. The molecule has 1 saturated heterocycles. The summed E-state index contributed by atoms with van der Waals surface area (Å²) in [5.74, 6) is -0.416. The number of morpholine rings is 1. The third kappa shape index (κ3) is 4.55. The topological polar surface area (TPSA) is 128 Å². The number of nitrogens with one attached hydrogen (secondary N) is 3. The molecule has 1 aromatic carbocycles. The van der Waals surface area contributed by atoms with Gasteiger partial charge in [0.2, 0.25) is 0 Å². The molecule has 0 radical (unpaired) electrons. The average Bonchev–Trinajstić information content (AvgIpc) is 3.57. The Bertz CT molecular complexity index is 1280. The van der Waals surface area contributed by atoms with Gasteiger partial charge in [0.1, 0.15) is 11.7 Å². The van der Waals surface area contributed by atoms with Gasteiger partial charge in [0.05, 0.1) is 46.0 Å². The zero-order chi connectivity index (χ0) is 25.4. The van der Waals surface area contributed by atoms with Gasteiger partial charge in [0, 0.05) is 13.1 Å². The van der Waals surface area contributed by atoms with Gasteiger partial charge in [-0.2, -0.15) is 10.2 Å². The van der Waals surface area contributed by atoms with E-state index in [0.29, 0.717) is 64.1 Å². The molecule has 36 heavy (non-hydrogen) atoms. The molecule has 2 aliphatic heterocycles. The summed E-state index contributed by atoms with van der Waals surface area (Å²) < 4.78 is 5.30. The second-order valence-corrected chi connectivity index (χ2v) is 10.0. The van der Waals surface area contributed by atoms with E-state index in [1.807, 2.05) is 32.0 Å². The van der Waals surface area contributed by atoms with Gasteiger partial charge in [-0.15, -0.1) is 11.3 Å². The number of hydrogen-bond donors (Lipinski definition) is 3. The first-order valence-corrected chi connectivity index (χ1v) is 12.5. The number of urea groups is 1. The van der Waals surface area contributed by atoms with Crippen LogP contribution in [0.25, 0.3) is 5.70 Å². The minimum absolute atomic E-state index is 0.127. The molecule has 3 N–H and O–H groups in total. The van der Waals surface area contributed by atoms with Crippen molar-refractivity contribution >= 4 is 40.4 Å². The predicted octanol–water partition coefficient (Wildman–Crippen LogP) is 2.87. The van der Waals surface area contributed by atoms with Crippen molar-refractivity contribution in [2.75, 3.05) is 45.7 Å². The molecule has 2 unspecified atom stereocenters. The van der Waals surface area contributed by atoms with Crippen molar-refractivity contribution in [2.24, 2.45) is 10.2 Å². The lowest BCUT2D eigenvalue weighted by Crippen LogP contribution is -2.49. The number of hydrogen-bond acceptors (Lipinski definition) is 9. The Morgan fingerprint density at radius 2 is 1.97 bits per heavy atom. The fourth-order valence-electron chi connectivity index (χ4n) is 4.22. The second kappa shape index (κ2) is 9.90. The molecule has 11 nitrogen and oxygen atoms in total. The monoisotopic (exact) mass is 509 g/mol. The molecular weight excluding hydrogens is 482 g/mol. The van der Waals surface area contributed by atoms with Crippen LogP contribution in [-0.2, 0) is 4.74 Å². The maximum Gasteiger partial charge on any atom is 0.333 e. The van der Waals surface area contributed by atoms with Gasteiger partial charge in [-0.3, -0.25) is 19.9 Å². The number of amides is 3. The molecule has 2 aromatic rings. The average molecular weight is 510 g/mol. The first-order chi connectivity index (χ1) is 17.3. The van der Waals surface area contributed by atoms with Gasteiger partial charge in [-0.1, -0.05) is 12.1 Å². The third-order valence-electron chi connectivity index (χ3n) is 6.36. The van der Waals surface area contributed by atoms with Crippen LogP contribution in [0.5, 0.6) is 0 Å². The van der Waals surface area contributed by atoms with Crippen LogP contribution in [0.3, 0.4) is 0 Å². The molecule has 1 aliphatic carbocycles. The van der Waals surface area contributed by atoms with Gasteiger partial charge in [-0.25, -0.2) is 9.80 Å².